The number of anilines is 1. The van der Waals surface area contributed by atoms with E-state index in [1.807, 2.05) is 6.92 Å². The third-order valence-electron chi connectivity index (χ3n) is 2.13. The third kappa shape index (κ3) is 3.12. The molecule has 1 atom stereocenters. The fourth-order valence-electron chi connectivity index (χ4n) is 1.37. The molecular formula is C9H15N3O2S. The lowest BCUT2D eigenvalue weighted by Crippen LogP contribution is -2.11. The first-order chi connectivity index (χ1) is 7.38. The van der Waals surface area contributed by atoms with E-state index in [2.05, 4.69) is 15.5 Å². The van der Waals surface area contributed by atoms with Crippen molar-refractivity contribution in [2.45, 2.75) is 26.1 Å². The summed E-state index contributed by atoms with van der Waals surface area (Å²) < 4.78 is 10.9. The highest BCUT2D eigenvalue weighted by molar-refractivity contribution is 7.15. The van der Waals surface area contributed by atoms with Crippen LogP contribution in [-0.2, 0) is 16.1 Å². The second-order valence-corrected chi connectivity index (χ2v) is 4.39. The first-order valence-corrected chi connectivity index (χ1v) is 5.95. The van der Waals surface area contributed by atoms with Crippen molar-refractivity contribution >= 4 is 16.5 Å². The third-order valence-corrected chi connectivity index (χ3v) is 2.98. The van der Waals surface area contributed by atoms with Gasteiger partial charge in [0.25, 0.3) is 0 Å². The van der Waals surface area contributed by atoms with Crippen molar-refractivity contribution in [3.05, 3.63) is 5.01 Å². The molecule has 0 aliphatic carbocycles. The standard InChI is InChI=1S/C9H15N3O2S/c1-2-10-9-12-11-8(15-9)6-14-7-3-4-13-5-7/h7H,2-6H2,1H3,(H,10,12). The van der Waals surface area contributed by atoms with Gasteiger partial charge < -0.3 is 14.8 Å². The minimum Gasteiger partial charge on any atom is -0.379 e. The first kappa shape index (κ1) is 10.8. The molecule has 2 rings (SSSR count). The smallest absolute Gasteiger partial charge is 0.205 e. The summed E-state index contributed by atoms with van der Waals surface area (Å²) in [5.74, 6) is 0. The van der Waals surface area contributed by atoms with Crippen molar-refractivity contribution in [2.24, 2.45) is 0 Å². The molecule has 0 aromatic carbocycles. The zero-order chi connectivity index (χ0) is 10.5. The van der Waals surface area contributed by atoms with Crippen LogP contribution >= 0.6 is 11.3 Å². The second-order valence-electron chi connectivity index (χ2n) is 3.33. The summed E-state index contributed by atoms with van der Waals surface area (Å²) in [6, 6.07) is 0. The number of nitrogens with zero attached hydrogens (tertiary/aromatic N) is 2. The summed E-state index contributed by atoms with van der Waals surface area (Å²) >= 11 is 1.54. The molecule has 5 nitrogen and oxygen atoms in total. The zero-order valence-corrected chi connectivity index (χ0v) is 9.55. The lowest BCUT2D eigenvalue weighted by molar-refractivity contribution is 0.0314. The largest absolute Gasteiger partial charge is 0.379 e. The van der Waals surface area contributed by atoms with Gasteiger partial charge in [-0.25, -0.2) is 0 Å². The molecule has 6 heteroatoms. The van der Waals surface area contributed by atoms with E-state index < -0.39 is 0 Å². The molecule has 84 valence electrons. The number of rotatable bonds is 5. The Morgan fingerprint density at radius 2 is 2.53 bits per heavy atom. The molecule has 0 radical (unpaired) electrons. The van der Waals surface area contributed by atoms with Gasteiger partial charge in [0.1, 0.15) is 11.6 Å². The molecule has 1 N–H and O–H groups in total. The van der Waals surface area contributed by atoms with E-state index in [1.54, 1.807) is 11.3 Å². The summed E-state index contributed by atoms with van der Waals surface area (Å²) in [5.41, 5.74) is 0. The SMILES string of the molecule is CCNc1nnc(COC2CCOC2)s1. The van der Waals surface area contributed by atoms with Gasteiger partial charge in [-0.1, -0.05) is 11.3 Å². The number of nitrogens with one attached hydrogen (secondary N) is 1. The average Bonchev–Trinajstić information content (AvgIpc) is 2.85. The summed E-state index contributed by atoms with van der Waals surface area (Å²) in [5, 5.41) is 12.9. The van der Waals surface area contributed by atoms with Gasteiger partial charge in [0.2, 0.25) is 5.13 Å². The highest BCUT2D eigenvalue weighted by Crippen LogP contribution is 2.17. The number of hydrogen-bond acceptors (Lipinski definition) is 6. The van der Waals surface area contributed by atoms with Crippen LogP contribution in [0.1, 0.15) is 18.4 Å². The van der Waals surface area contributed by atoms with Gasteiger partial charge in [0.05, 0.1) is 12.7 Å². The molecule has 0 amide bonds. The Balaban J connectivity index is 1.77. The van der Waals surface area contributed by atoms with E-state index in [0.29, 0.717) is 13.2 Å². The van der Waals surface area contributed by atoms with Gasteiger partial charge >= 0.3 is 0 Å². The molecule has 0 spiro atoms. The number of hydrogen-bond donors (Lipinski definition) is 1. The van der Waals surface area contributed by atoms with Crippen LogP contribution in [0.25, 0.3) is 0 Å². The molecule has 1 unspecified atom stereocenters. The normalized spacial score (nSPS) is 20.7. The quantitative estimate of drug-likeness (QED) is 0.824. The van der Waals surface area contributed by atoms with Gasteiger partial charge in [-0.3, -0.25) is 0 Å². The molecule has 0 saturated carbocycles. The van der Waals surface area contributed by atoms with Gasteiger partial charge in [0, 0.05) is 13.2 Å². The monoisotopic (exact) mass is 229 g/mol. The van der Waals surface area contributed by atoms with Crippen LogP contribution in [0, 0.1) is 0 Å². The van der Waals surface area contributed by atoms with E-state index in [9.17, 15) is 0 Å². The van der Waals surface area contributed by atoms with E-state index in [1.165, 1.54) is 0 Å². The Morgan fingerprint density at radius 1 is 1.60 bits per heavy atom. The van der Waals surface area contributed by atoms with Crippen LogP contribution < -0.4 is 5.32 Å². The minimum atomic E-state index is 0.233. The topological polar surface area (TPSA) is 56.3 Å². The van der Waals surface area contributed by atoms with Gasteiger partial charge in [-0.2, -0.15) is 0 Å². The van der Waals surface area contributed by atoms with Crippen molar-refractivity contribution in [3.63, 3.8) is 0 Å². The van der Waals surface area contributed by atoms with Gasteiger partial charge in [0.15, 0.2) is 0 Å². The lowest BCUT2D eigenvalue weighted by Gasteiger charge is -2.06. The summed E-state index contributed by atoms with van der Waals surface area (Å²) in [4.78, 5) is 0. The summed E-state index contributed by atoms with van der Waals surface area (Å²) in [6.07, 6.45) is 1.22. The molecule has 1 aromatic heterocycles. The van der Waals surface area contributed by atoms with Crippen LogP contribution in [-0.4, -0.2) is 36.1 Å². The zero-order valence-electron chi connectivity index (χ0n) is 8.73. The van der Waals surface area contributed by atoms with Crippen LogP contribution in [0.2, 0.25) is 0 Å². The molecule has 1 aromatic rings. The van der Waals surface area contributed by atoms with Crippen LogP contribution in [0.3, 0.4) is 0 Å². The average molecular weight is 229 g/mol. The number of aromatic nitrogens is 2. The van der Waals surface area contributed by atoms with Crippen LogP contribution in [0.5, 0.6) is 0 Å². The van der Waals surface area contributed by atoms with E-state index in [-0.39, 0.29) is 6.10 Å². The van der Waals surface area contributed by atoms with Crippen molar-refractivity contribution in [1.82, 2.24) is 10.2 Å². The maximum Gasteiger partial charge on any atom is 0.205 e. The minimum absolute atomic E-state index is 0.233. The van der Waals surface area contributed by atoms with Crippen LogP contribution in [0.4, 0.5) is 5.13 Å². The lowest BCUT2D eigenvalue weighted by atomic mass is 10.3. The molecule has 1 aliphatic heterocycles. The Morgan fingerprint density at radius 3 is 3.27 bits per heavy atom. The Kier molecular flexibility index (Phi) is 3.87. The van der Waals surface area contributed by atoms with E-state index in [0.717, 1.165) is 29.7 Å². The molecule has 1 saturated heterocycles. The summed E-state index contributed by atoms with van der Waals surface area (Å²) in [7, 11) is 0. The van der Waals surface area contributed by atoms with Gasteiger partial charge in [-0.15, -0.1) is 10.2 Å². The Labute approximate surface area is 92.8 Å². The van der Waals surface area contributed by atoms with Gasteiger partial charge in [-0.05, 0) is 13.3 Å². The molecule has 0 bridgehead atoms. The van der Waals surface area contributed by atoms with Crippen molar-refractivity contribution in [3.8, 4) is 0 Å². The number of ether oxygens (including phenoxy) is 2. The van der Waals surface area contributed by atoms with Crippen molar-refractivity contribution < 1.29 is 9.47 Å². The predicted octanol–water partition coefficient (Wildman–Crippen LogP) is 1.28. The van der Waals surface area contributed by atoms with E-state index >= 15 is 0 Å². The van der Waals surface area contributed by atoms with Crippen molar-refractivity contribution in [2.75, 3.05) is 25.1 Å². The highest BCUT2D eigenvalue weighted by Gasteiger charge is 2.16. The molecule has 15 heavy (non-hydrogen) atoms. The first-order valence-electron chi connectivity index (χ1n) is 5.14. The Bertz CT molecular complexity index is 299. The van der Waals surface area contributed by atoms with Crippen molar-refractivity contribution in [1.29, 1.82) is 0 Å². The maximum absolute atomic E-state index is 5.64. The van der Waals surface area contributed by atoms with Crippen LogP contribution in [0.15, 0.2) is 0 Å². The van der Waals surface area contributed by atoms with E-state index in [4.69, 9.17) is 9.47 Å². The molecule has 1 aliphatic rings. The fraction of sp³-hybridized carbons (Fsp3) is 0.778. The fourth-order valence-corrected chi connectivity index (χ4v) is 2.10. The predicted molar refractivity (Wildman–Crippen MR) is 58.1 cm³/mol. The Hall–Kier alpha value is -0.720. The maximum atomic E-state index is 5.64. The second kappa shape index (κ2) is 5.39. The molecular weight excluding hydrogens is 214 g/mol. The summed E-state index contributed by atoms with van der Waals surface area (Å²) in [6.45, 7) is 4.96. The highest BCUT2D eigenvalue weighted by atomic mass is 32.1. The molecule has 2 heterocycles. The molecule has 1 fully saturated rings.